The van der Waals surface area contributed by atoms with Crippen molar-refractivity contribution in [2.45, 2.75) is 19.8 Å². The number of aryl methyl sites for hydroxylation is 1. The summed E-state index contributed by atoms with van der Waals surface area (Å²) in [4.78, 5) is 12.3. The van der Waals surface area contributed by atoms with Crippen molar-refractivity contribution < 1.29 is 17.9 Å². The van der Waals surface area contributed by atoms with E-state index < -0.39 is 10.2 Å². The van der Waals surface area contributed by atoms with Crippen molar-refractivity contribution in [1.29, 1.82) is 0 Å². The lowest BCUT2D eigenvalue weighted by molar-refractivity contribution is -0.126. The molecule has 0 aromatic heterocycles. The Morgan fingerprint density at radius 1 is 1.32 bits per heavy atom. The predicted octanol–water partition coefficient (Wildman–Crippen LogP) is 1.01. The van der Waals surface area contributed by atoms with E-state index in [-0.39, 0.29) is 18.4 Å². The number of rotatable bonds is 7. The molecular formula is C17H27N3O4S. The van der Waals surface area contributed by atoms with Crippen LogP contribution in [0.2, 0.25) is 0 Å². The van der Waals surface area contributed by atoms with Crippen LogP contribution in [0.15, 0.2) is 24.3 Å². The maximum atomic E-state index is 12.3. The van der Waals surface area contributed by atoms with Gasteiger partial charge in [-0.25, -0.2) is 0 Å². The number of ether oxygens (including phenoxy) is 1. The molecule has 1 amide bonds. The van der Waals surface area contributed by atoms with Gasteiger partial charge in [-0.1, -0.05) is 17.7 Å². The summed E-state index contributed by atoms with van der Waals surface area (Å²) in [6.07, 6.45) is 1.38. The molecule has 1 saturated heterocycles. The number of amides is 1. The van der Waals surface area contributed by atoms with Crippen LogP contribution < -0.4 is 10.1 Å². The fourth-order valence-corrected chi connectivity index (χ4v) is 3.91. The summed E-state index contributed by atoms with van der Waals surface area (Å²) in [5.41, 5.74) is 1.16. The summed E-state index contributed by atoms with van der Waals surface area (Å²) < 4.78 is 32.5. The van der Waals surface area contributed by atoms with Gasteiger partial charge in [-0.15, -0.1) is 0 Å². The Balaban J connectivity index is 1.77. The number of carbonyl (C=O) groups is 1. The van der Waals surface area contributed by atoms with Crippen LogP contribution in [0.4, 0.5) is 0 Å². The van der Waals surface area contributed by atoms with Crippen LogP contribution in [0, 0.1) is 12.8 Å². The van der Waals surface area contributed by atoms with E-state index in [0.717, 1.165) is 11.3 Å². The second-order valence-corrected chi connectivity index (χ2v) is 8.58. The van der Waals surface area contributed by atoms with E-state index in [1.54, 1.807) is 0 Å². The van der Waals surface area contributed by atoms with Crippen LogP contribution in [0.3, 0.4) is 0 Å². The third kappa shape index (κ3) is 5.42. The fourth-order valence-electron chi connectivity index (χ4n) is 2.72. The zero-order valence-corrected chi connectivity index (χ0v) is 15.9. The zero-order valence-electron chi connectivity index (χ0n) is 15.1. The summed E-state index contributed by atoms with van der Waals surface area (Å²) in [6.45, 7) is 3.46. The van der Waals surface area contributed by atoms with Gasteiger partial charge < -0.3 is 10.1 Å². The standard InChI is InChI=1S/C17H27N3O4S/c1-14-6-8-16(9-7-14)24-12-10-18-17(21)15-5-4-11-20(13-15)25(22,23)19(2)3/h6-9,15H,4-5,10-13H2,1-3H3,(H,18,21)/t15-/m0/s1. The summed E-state index contributed by atoms with van der Waals surface area (Å²) in [6, 6.07) is 7.72. The van der Waals surface area contributed by atoms with Gasteiger partial charge in [0.2, 0.25) is 5.91 Å². The molecule has 0 bridgehead atoms. The highest BCUT2D eigenvalue weighted by Crippen LogP contribution is 2.20. The van der Waals surface area contributed by atoms with Crippen LogP contribution >= 0.6 is 0 Å². The van der Waals surface area contributed by atoms with Crippen LogP contribution in [-0.4, -0.2) is 63.3 Å². The molecule has 1 aliphatic rings. The van der Waals surface area contributed by atoms with Gasteiger partial charge in [0, 0.05) is 27.2 Å². The second kappa shape index (κ2) is 8.64. The summed E-state index contributed by atoms with van der Waals surface area (Å²) in [5.74, 6) is 0.328. The average molecular weight is 369 g/mol. The first kappa shape index (κ1) is 19.7. The number of nitrogens with zero attached hydrogens (tertiary/aromatic N) is 2. The van der Waals surface area contributed by atoms with E-state index in [0.29, 0.717) is 32.5 Å². The topological polar surface area (TPSA) is 79.0 Å². The molecule has 1 heterocycles. The van der Waals surface area contributed by atoms with E-state index in [1.807, 2.05) is 31.2 Å². The third-order valence-corrected chi connectivity index (χ3v) is 6.14. The Labute approximate surface area is 150 Å². The minimum absolute atomic E-state index is 0.119. The molecule has 2 rings (SSSR count). The Morgan fingerprint density at radius 3 is 2.64 bits per heavy atom. The van der Waals surface area contributed by atoms with Crippen LogP contribution in [0.5, 0.6) is 5.75 Å². The number of benzene rings is 1. The molecule has 1 aromatic carbocycles. The lowest BCUT2D eigenvalue weighted by Gasteiger charge is -2.32. The lowest BCUT2D eigenvalue weighted by atomic mass is 9.99. The minimum atomic E-state index is -3.47. The van der Waals surface area contributed by atoms with Crippen molar-refractivity contribution in [1.82, 2.24) is 13.9 Å². The van der Waals surface area contributed by atoms with Gasteiger partial charge in [-0.05, 0) is 31.9 Å². The monoisotopic (exact) mass is 369 g/mol. The average Bonchev–Trinajstić information content (AvgIpc) is 2.60. The molecule has 1 atom stereocenters. The van der Waals surface area contributed by atoms with Gasteiger partial charge in [0.15, 0.2) is 0 Å². The molecule has 1 aromatic rings. The molecule has 140 valence electrons. The normalized spacial score (nSPS) is 19.0. The van der Waals surface area contributed by atoms with Crippen molar-refractivity contribution in [2.24, 2.45) is 5.92 Å². The SMILES string of the molecule is Cc1ccc(OCCNC(=O)[C@H]2CCCN(S(=O)(=O)N(C)C)C2)cc1. The molecule has 0 unspecified atom stereocenters. The van der Waals surface area contributed by atoms with E-state index >= 15 is 0 Å². The number of hydrogen-bond donors (Lipinski definition) is 1. The van der Waals surface area contributed by atoms with Crippen molar-refractivity contribution in [3.05, 3.63) is 29.8 Å². The Kier molecular flexibility index (Phi) is 6.80. The molecular weight excluding hydrogens is 342 g/mol. The van der Waals surface area contributed by atoms with Gasteiger partial charge in [-0.2, -0.15) is 17.0 Å². The van der Waals surface area contributed by atoms with Crippen molar-refractivity contribution in [3.63, 3.8) is 0 Å². The first-order valence-electron chi connectivity index (χ1n) is 8.45. The predicted molar refractivity (Wildman–Crippen MR) is 96.6 cm³/mol. The Hall–Kier alpha value is -1.64. The van der Waals surface area contributed by atoms with Gasteiger partial charge in [0.05, 0.1) is 12.5 Å². The maximum Gasteiger partial charge on any atom is 0.281 e. The minimum Gasteiger partial charge on any atom is -0.492 e. The van der Waals surface area contributed by atoms with E-state index in [9.17, 15) is 13.2 Å². The molecule has 1 N–H and O–H groups in total. The summed E-state index contributed by atoms with van der Waals surface area (Å²) in [7, 11) is -0.466. The Bertz CT molecular complexity index is 674. The number of hydrogen-bond acceptors (Lipinski definition) is 4. The van der Waals surface area contributed by atoms with Crippen LogP contribution in [-0.2, 0) is 15.0 Å². The lowest BCUT2D eigenvalue weighted by Crippen LogP contribution is -2.49. The van der Waals surface area contributed by atoms with Crippen molar-refractivity contribution >= 4 is 16.1 Å². The van der Waals surface area contributed by atoms with Crippen molar-refractivity contribution in [3.8, 4) is 5.75 Å². The molecule has 1 aliphatic heterocycles. The van der Waals surface area contributed by atoms with Crippen LogP contribution in [0.1, 0.15) is 18.4 Å². The van der Waals surface area contributed by atoms with Gasteiger partial charge >= 0.3 is 0 Å². The number of piperidine rings is 1. The first-order chi connectivity index (χ1) is 11.8. The van der Waals surface area contributed by atoms with E-state index in [1.165, 1.54) is 22.7 Å². The molecule has 0 radical (unpaired) electrons. The molecule has 0 spiro atoms. The largest absolute Gasteiger partial charge is 0.492 e. The van der Waals surface area contributed by atoms with Crippen molar-refractivity contribution in [2.75, 3.05) is 40.3 Å². The summed E-state index contributed by atoms with van der Waals surface area (Å²) in [5, 5.41) is 2.84. The molecule has 1 fully saturated rings. The molecule has 0 aliphatic carbocycles. The second-order valence-electron chi connectivity index (χ2n) is 6.44. The molecule has 0 saturated carbocycles. The molecule has 8 heteroatoms. The summed E-state index contributed by atoms with van der Waals surface area (Å²) >= 11 is 0. The number of carbonyl (C=O) groups excluding carboxylic acids is 1. The van der Waals surface area contributed by atoms with Gasteiger partial charge in [0.1, 0.15) is 12.4 Å². The quantitative estimate of drug-likeness (QED) is 0.728. The van der Waals surface area contributed by atoms with Gasteiger partial charge in [0.25, 0.3) is 10.2 Å². The highest BCUT2D eigenvalue weighted by atomic mass is 32.2. The highest BCUT2D eigenvalue weighted by molar-refractivity contribution is 7.86. The smallest absolute Gasteiger partial charge is 0.281 e. The zero-order chi connectivity index (χ0) is 18.4. The fraction of sp³-hybridized carbons (Fsp3) is 0.588. The van der Waals surface area contributed by atoms with E-state index in [4.69, 9.17) is 4.74 Å². The van der Waals surface area contributed by atoms with Gasteiger partial charge in [-0.3, -0.25) is 4.79 Å². The molecule has 7 nitrogen and oxygen atoms in total. The van der Waals surface area contributed by atoms with Crippen LogP contribution in [0.25, 0.3) is 0 Å². The maximum absolute atomic E-state index is 12.3. The third-order valence-electron chi connectivity index (χ3n) is 4.23. The first-order valence-corrected chi connectivity index (χ1v) is 9.85. The van der Waals surface area contributed by atoms with E-state index in [2.05, 4.69) is 5.32 Å². The highest BCUT2D eigenvalue weighted by Gasteiger charge is 2.33. The number of nitrogens with one attached hydrogen (secondary N) is 1. The molecule has 25 heavy (non-hydrogen) atoms. The Morgan fingerprint density at radius 2 is 2.00 bits per heavy atom.